The summed E-state index contributed by atoms with van der Waals surface area (Å²) in [5.74, 6) is 3.27. The molecule has 0 spiro atoms. The number of oxazole rings is 1. The first-order chi connectivity index (χ1) is 14.3. The van der Waals surface area contributed by atoms with E-state index in [2.05, 4.69) is 19.9 Å². The number of hydrogen-bond acceptors (Lipinski definition) is 7. The van der Waals surface area contributed by atoms with Crippen LogP contribution >= 0.6 is 11.8 Å². The van der Waals surface area contributed by atoms with Crippen LogP contribution in [0.4, 0.5) is 0 Å². The maximum absolute atomic E-state index is 12.1. The third-order valence-electron chi connectivity index (χ3n) is 4.51. The molecule has 0 radical (unpaired) electrons. The number of imidazole rings is 1. The minimum absolute atomic E-state index is 0.126. The number of nitrogens with zero attached hydrogens (tertiary/aromatic N) is 4. The van der Waals surface area contributed by atoms with Crippen molar-refractivity contribution in [1.82, 2.24) is 24.5 Å². The summed E-state index contributed by atoms with van der Waals surface area (Å²) in [6.45, 7) is 7.64. The fourth-order valence-corrected chi connectivity index (χ4v) is 4.03. The molecule has 0 saturated carbocycles. The predicted molar refractivity (Wildman–Crippen MR) is 116 cm³/mol. The Morgan fingerprint density at radius 2 is 1.90 bits per heavy atom. The minimum Gasteiger partial charge on any atom is -0.491 e. The summed E-state index contributed by atoms with van der Waals surface area (Å²) in [4.78, 5) is 28.3. The van der Waals surface area contributed by atoms with Gasteiger partial charge in [0.25, 0.3) is 5.56 Å². The second-order valence-corrected chi connectivity index (χ2v) is 8.22. The van der Waals surface area contributed by atoms with Crippen molar-refractivity contribution < 1.29 is 9.15 Å². The van der Waals surface area contributed by atoms with Crippen LogP contribution in [0.1, 0.15) is 31.1 Å². The highest BCUT2D eigenvalue weighted by atomic mass is 32.2. The Labute approximate surface area is 177 Å². The number of aromatic amines is 1. The van der Waals surface area contributed by atoms with Gasteiger partial charge in [-0.2, -0.15) is 0 Å². The van der Waals surface area contributed by atoms with E-state index in [1.807, 2.05) is 56.7 Å². The summed E-state index contributed by atoms with van der Waals surface area (Å²) >= 11 is 1.49. The van der Waals surface area contributed by atoms with E-state index in [0.29, 0.717) is 33.8 Å². The maximum Gasteiger partial charge on any atom is 0.279 e. The Hall–Kier alpha value is -3.07. The number of thioether (sulfide) groups is 1. The van der Waals surface area contributed by atoms with Gasteiger partial charge in [0, 0.05) is 18.4 Å². The number of aromatic nitrogens is 5. The van der Waals surface area contributed by atoms with Crippen molar-refractivity contribution in [2.45, 2.75) is 44.7 Å². The molecule has 0 fully saturated rings. The molecule has 0 unspecified atom stereocenters. The van der Waals surface area contributed by atoms with E-state index in [-0.39, 0.29) is 11.7 Å². The van der Waals surface area contributed by atoms with E-state index in [4.69, 9.17) is 9.15 Å². The van der Waals surface area contributed by atoms with Gasteiger partial charge in [-0.05, 0) is 52.0 Å². The summed E-state index contributed by atoms with van der Waals surface area (Å²) in [5.41, 5.74) is 2.40. The van der Waals surface area contributed by atoms with Crippen LogP contribution in [0.3, 0.4) is 0 Å². The molecule has 1 aromatic carbocycles. The van der Waals surface area contributed by atoms with Crippen molar-refractivity contribution in [1.29, 1.82) is 0 Å². The molecule has 156 valence electrons. The molecule has 0 bridgehead atoms. The molecule has 0 atom stereocenters. The molecule has 0 aliphatic rings. The van der Waals surface area contributed by atoms with Gasteiger partial charge in [-0.15, -0.1) is 0 Å². The monoisotopic (exact) mass is 425 g/mol. The molecule has 1 N–H and O–H groups in total. The zero-order valence-corrected chi connectivity index (χ0v) is 18.3. The molecule has 3 aromatic heterocycles. The lowest BCUT2D eigenvalue weighted by molar-refractivity contribution is 0.242. The van der Waals surface area contributed by atoms with Crippen molar-refractivity contribution in [3.05, 3.63) is 51.9 Å². The van der Waals surface area contributed by atoms with E-state index in [1.165, 1.54) is 11.8 Å². The third kappa shape index (κ3) is 3.97. The molecule has 0 amide bonds. The zero-order chi connectivity index (χ0) is 21.4. The molecular formula is C21H23N5O3S. The largest absolute Gasteiger partial charge is 0.491 e. The first-order valence-corrected chi connectivity index (χ1v) is 10.6. The topological polar surface area (TPSA) is 98.8 Å². The Morgan fingerprint density at radius 3 is 2.60 bits per heavy atom. The summed E-state index contributed by atoms with van der Waals surface area (Å²) in [6, 6.07) is 7.70. The molecule has 0 saturated heterocycles. The van der Waals surface area contributed by atoms with Crippen LogP contribution in [0, 0.1) is 13.8 Å². The summed E-state index contributed by atoms with van der Waals surface area (Å²) in [6.07, 6.45) is 0.126. The van der Waals surface area contributed by atoms with Gasteiger partial charge in [-0.3, -0.25) is 4.79 Å². The van der Waals surface area contributed by atoms with Gasteiger partial charge in [0.15, 0.2) is 16.3 Å². The lowest BCUT2D eigenvalue weighted by Crippen LogP contribution is -2.10. The normalized spacial score (nSPS) is 11.5. The Kier molecular flexibility index (Phi) is 5.38. The lowest BCUT2D eigenvalue weighted by atomic mass is 10.2. The van der Waals surface area contributed by atoms with E-state index in [9.17, 15) is 4.79 Å². The molecule has 0 aliphatic carbocycles. The molecule has 8 nitrogen and oxygen atoms in total. The summed E-state index contributed by atoms with van der Waals surface area (Å²) in [7, 11) is 1.85. The fourth-order valence-electron chi connectivity index (χ4n) is 3.06. The molecule has 3 heterocycles. The molecular weight excluding hydrogens is 402 g/mol. The van der Waals surface area contributed by atoms with Gasteiger partial charge < -0.3 is 18.7 Å². The van der Waals surface area contributed by atoms with Crippen LogP contribution < -0.4 is 10.3 Å². The van der Waals surface area contributed by atoms with Gasteiger partial charge in [-0.1, -0.05) is 11.8 Å². The van der Waals surface area contributed by atoms with Crippen LogP contribution in [0.15, 0.2) is 38.6 Å². The first kappa shape index (κ1) is 20.2. The van der Waals surface area contributed by atoms with Crippen LogP contribution in [-0.2, 0) is 12.8 Å². The van der Waals surface area contributed by atoms with Crippen molar-refractivity contribution in [3.63, 3.8) is 0 Å². The number of H-pyrrole nitrogens is 1. The van der Waals surface area contributed by atoms with Gasteiger partial charge >= 0.3 is 0 Å². The van der Waals surface area contributed by atoms with Gasteiger partial charge in [0.1, 0.15) is 17.3 Å². The zero-order valence-electron chi connectivity index (χ0n) is 17.5. The molecule has 4 aromatic rings. The van der Waals surface area contributed by atoms with Crippen LogP contribution in [0.5, 0.6) is 5.75 Å². The van der Waals surface area contributed by atoms with Crippen LogP contribution in [-0.4, -0.2) is 30.6 Å². The predicted octanol–water partition coefficient (Wildman–Crippen LogP) is 4.01. The number of benzene rings is 1. The van der Waals surface area contributed by atoms with E-state index in [1.54, 1.807) is 6.92 Å². The van der Waals surface area contributed by atoms with Crippen molar-refractivity contribution in [2.24, 2.45) is 7.05 Å². The quantitative estimate of drug-likeness (QED) is 0.466. The van der Waals surface area contributed by atoms with Crippen LogP contribution in [0.2, 0.25) is 0 Å². The number of rotatable bonds is 6. The van der Waals surface area contributed by atoms with E-state index >= 15 is 0 Å². The minimum atomic E-state index is -0.232. The average Bonchev–Trinajstić information content (AvgIpc) is 3.21. The van der Waals surface area contributed by atoms with Crippen molar-refractivity contribution in [3.8, 4) is 17.2 Å². The van der Waals surface area contributed by atoms with Crippen molar-refractivity contribution >= 4 is 22.9 Å². The molecule has 0 aliphatic heterocycles. The Morgan fingerprint density at radius 1 is 1.17 bits per heavy atom. The smallest absolute Gasteiger partial charge is 0.279 e. The van der Waals surface area contributed by atoms with Crippen LogP contribution in [0.25, 0.3) is 22.6 Å². The molecule has 4 rings (SSSR count). The standard InChI is InChI=1S/C21H23N5O3S/c1-11(2)28-15-8-6-14(7-9-15)20-24-16(12(3)29-20)10-30-21-25-17-18(26(21)5)22-13(4)23-19(17)27/h6-9,11H,10H2,1-5H3,(H,22,23,27). The fraction of sp³-hybridized carbons (Fsp3) is 0.333. The van der Waals surface area contributed by atoms with Gasteiger partial charge in [-0.25, -0.2) is 15.0 Å². The Bertz CT molecular complexity index is 1250. The number of fused-ring (bicyclic) bond motifs is 1. The lowest BCUT2D eigenvalue weighted by Gasteiger charge is -2.09. The SMILES string of the molecule is Cc1nc2c(nc(SCc3nc(-c4ccc(OC(C)C)cc4)oc3C)n2C)c(=O)[nH]1. The number of nitrogens with one attached hydrogen (secondary N) is 1. The second kappa shape index (κ2) is 7.98. The Balaban J connectivity index is 1.53. The summed E-state index contributed by atoms with van der Waals surface area (Å²) < 4.78 is 13.4. The highest BCUT2D eigenvalue weighted by Gasteiger charge is 2.16. The maximum atomic E-state index is 12.1. The number of aryl methyl sites for hydroxylation is 3. The van der Waals surface area contributed by atoms with E-state index < -0.39 is 0 Å². The molecule has 9 heteroatoms. The second-order valence-electron chi connectivity index (χ2n) is 7.28. The average molecular weight is 426 g/mol. The number of hydrogen-bond donors (Lipinski definition) is 1. The third-order valence-corrected chi connectivity index (χ3v) is 5.55. The van der Waals surface area contributed by atoms with Crippen molar-refractivity contribution in [2.75, 3.05) is 0 Å². The highest BCUT2D eigenvalue weighted by molar-refractivity contribution is 7.98. The highest BCUT2D eigenvalue weighted by Crippen LogP contribution is 2.29. The molecule has 30 heavy (non-hydrogen) atoms. The number of ether oxygens (including phenoxy) is 1. The summed E-state index contributed by atoms with van der Waals surface area (Å²) in [5, 5.41) is 0.702. The van der Waals surface area contributed by atoms with Gasteiger partial charge in [0.2, 0.25) is 5.89 Å². The van der Waals surface area contributed by atoms with Gasteiger partial charge in [0.05, 0.1) is 11.8 Å². The van der Waals surface area contributed by atoms with E-state index in [0.717, 1.165) is 22.8 Å². The first-order valence-electron chi connectivity index (χ1n) is 9.61.